The van der Waals surface area contributed by atoms with E-state index in [1.165, 1.54) is 0 Å². The smallest absolute Gasteiger partial charge is 0.250 e. The van der Waals surface area contributed by atoms with Crippen molar-refractivity contribution in [2.45, 2.75) is 38.8 Å². The predicted octanol–water partition coefficient (Wildman–Crippen LogP) is 3.75. The second-order valence-electron chi connectivity index (χ2n) is 9.82. The van der Waals surface area contributed by atoms with E-state index in [9.17, 15) is 9.59 Å². The Labute approximate surface area is 230 Å². The summed E-state index contributed by atoms with van der Waals surface area (Å²) in [6.45, 7) is 3.69. The summed E-state index contributed by atoms with van der Waals surface area (Å²) < 4.78 is 27.4. The highest BCUT2D eigenvalue weighted by Gasteiger charge is 2.35. The Bertz CT molecular complexity index is 1230. The van der Waals surface area contributed by atoms with Crippen LogP contribution < -0.4 is 23.7 Å². The normalized spacial score (nSPS) is 17.4. The molecule has 1 unspecified atom stereocenters. The number of Topliss-reactive ketones (excluding diaryl/α,β-unsaturated/α-hetero) is 1. The second kappa shape index (κ2) is 12.4. The van der Waals surface area contributed by atoms with Crippen molar-refractivity contribution < 1.29 is 33.3 Å². The summed E-state index contributed by atoms with van der Waals surface area (Å²) in [5.41, 5.74) is 3.76. The van der Waals surface area contributed by atoms with Gasteiger partial charge >= 0.3 is 0 Å². The molecule has 0 saturated carbocycles. The number of benzene rings is 2. The van der Waals surface area contributed by atoms with Crippen molar-refractivity contribution in [2.75, 3.05) is 55.2 Å². The minimum absolute atomic E-state index is 0.0287. The molecular weight excluding hydrogens is 500 g/mol. The molecule has 1 aliphatic heterocycles. The van der Waals surface area contributed by atoms with Crippen LogP contribution in [0.5, 0.6) is 28.7 Å². The molecular formula is C30H38N2O7. The lowest BCUT2D eigenvalue weighted by Crippen LogP contribution is -2.57. The topological polar surface area (TPSA) is 86.8 Å². The first-order valence-electron chi connectivity index (χ1n) is 13.1. The van der Waals surface area contributed by atoms with E-state index in [2.05, 4.69) is 4.90 Å². The summed E-state index contributed by atoms with van der Waals surface area (Å²) in [6, 6.07) is 7.21. The van der Waals surface area contributed by atoms with Gasteiger partial charge in [0.15, 0.2) is 28.8 Å². The fourth-order valence-corrected chi connectivity index (χ4v) is 5.43. The van der Waals surface area contributed by atoms with Gasteiger partial charge in [0.2, 0.25) is 11.7 Å². The minimum atomic E-state index is -0.526. The monoisotopic (exact) mass is 538 g/mol. The van der Waals surface area contributed by atoms with Crippen LogP contribution in [0.25, 0.3) is 6.08 Å². The first-order valence-corrected chi connectivity index (χ1v) is 13.1. The van der Waals surface area contributed by atoms with Crippen LogP contribution in [0.3, 0.4) is 0 Å². The van der Waals surface area contributed by atoms with E-state index >= 15 is 0 Å². The van der Waals surface area contributed by atoms with Crippen molar-refractivity contribution in [1.82, 2.24) is 9.80 Å². The SMILES string of the molecule is COc1cc2c(cc1OC)CCCC(C(=O)N1CCN(Cc3cc(OC)c(OC)c(OC)c3)CC1C(C)=O)=C2. The molecule has 4 rings (SSSR count). The zero-order valence-corrected chi connectivity index (χ0v) is 23.7. The highest BCUT2D eigenvalue weighted by atomic mass is 16.5. The number of hydrogen-bond donors (Lipinski definition) is 0. The number of piperazine rings is 1. The zero-order valence-electron chi connectivity index (χ0n) is 23.7. The first-order chi connectivity index (χ1) is 18.8. The standard InChI is InChI=1S/C30H38N2O7/c1-19(33)24-18-31(17-20-12-27(37-4)29(39-6)28(13-20)38-5)10-11-32(24)30(34)22-9-7-8-21-15-25(35-2)26(36-3)16-23(21)14-22/h12-16,24H,7-11,17-18H2,1-6H3. The number of carbonyl (C=O) groups excluding carboxylic acids is 2. The molecule has 210 valence electrons. The van der Waals surface area contributed by atoms with Gasteiger partial charge in [0.25, 0.3) is 0 Å². The maximum atomic E-state index is 13.8. The lowest BCUT2D eigenvalue weighted by molar-refractivity contribution is -0.139. The molecule has 2 aromatic rings. The molecule has 39 heavy (non-hydrogen) atoms. The number of hydrogen-bond acceptors (Lipinski definition) is 8. The Morgan fingerprint density at radius 2 is 1.46 bits per heavy atom. The summed E-state index contributed by atoms with van der Waals surface area (Å²) in [5, 5.41) is 0. The predicted molar refractivity (Wildman–Crippen MR) is 148 cm³/mol. The average Bonchev–Trinajstić information content (AvgIpc) is 3.17. The summed E-state index contributed by atoms with van der Waals surface area (Å²) >= 11 is 0. The Balaban J connectivity index is 1.54. The summed E-state index contributed by atoms with van der Waals surface area (Å²) in [7, 11) is 7.97. The van der Waals surface area contributed by atoms with Gasteiger partial charge < -0.3 is 28.6 Å². The van der Waals surface area contributed by atoms with Crippen molar-refractivity contribution >= 4 is 17.8 Å². The Morgan fingerprint density at radius 1 is 0.821 bits per heavy atom. The number of aryl methyl sites for hydroxylation is 1. The molecule has 2 aromatic carbocycles. The van der Waals surface area contributed by atoms with E-state index in [1.54, 1.807) is 47.4 Å². The van der Waals surface area contributed by atoms with Crippen LogP contribution in [0.2, 0.25) is 0 Å². The van der Waals surface area contributed by atoms with Crippen molar-refractivity contribution in [3.05, 3.63) is 46.5 Å². The number of ether oxygens (including phenoxy) is 5. The molecule has 0 spiro atoms. The first kappa shape index (κ1) is 28.3. The molecule has 2 aliphatic rings. The van der Waals surface area contributed by atoms with Crippen LogP contribution in [-0.2, 0) is 22.6 Å². The quantitative estimate of drug-likeness (QED) is 0.477. The maximum Gasteiger partial charge on any atom is 0.250 e. The van der Waals surface area contributed by atoms with E-state index in [-0.39, 0.29) is 11.7 Å². The van der Waals surface area contributed by atoms with Crippen molar-refractivity contribution in [3.63, 3.8) is 0 Å². The van der Waals surface area contributed by atoms with Gasteiger partial charge in [0, 0.05) is 31.8 Å². The van der Waals surface area contributed by atoms with Gasteiger partial charge in [-0.25, -0.2) is 0 Å². The molecule has 0 bridgehead atoms. The van der Waals surface area contributed by atoms with Crippen LogP contribution in [0.1, 0.15) is 36.5 Å². The minimum Gasteiger partial charge on any atom is -0.493 e. The Morgan fingerprint density at radius 3 is 2.05 bits per heavy atom. The molecule has 1 aliphatic carbocycles. The Hall–Kier alpha value is -3.72. The summed E-state index contributed by atoms with van der Waals surface area (Å²) in [5.74, 6) is 2.90. The van der Waals surface area contributed by atoms with E-state index in [1.807, 2.05) is 30.3 Å². The zero-order chi connectivity index (χ0) is 28.1. The van der Waals surface area contributed by atoms with Gasteiger partial charge in [-0.15, -0.1) is 0 Å². The molecule has 9 nitrogen and oxygen atoms in total. The summed E-state index contributed by atoms with van der Waals surface area (Å²) in [4.78, 5) is 30.5. The van der Waals surface area contributed by atoms with E-state index in [0.29, 0.717) is 66.9 Å². The molecule has 1 heterocycles. The fraction of sp³-hybridized carbons (Fsp3) is 0.467. The fourth-order valence-electron chi connectivity index (χ4n) is 5.43. The number of methoxy groups -OCH3 is 5. The van der Waals surface area contributed by atoms with Crippen molar-refractivity contribution in [3.8, 4) is 28.7 Å². The lowest BCUT2D eigenvalue weighted by Gasteiger charge is -2.40. The highest BCUT2D eigenvalue weighted by molar-refractivity contribution is 6.01. The van der Waals surface area contributed by atoms with Crippen LogP contribution in [0, 0.1) is 0 Å². The van der Waals surface area contributed by atoms with Crippen LogP contribution in [0.4, 0.5) is 0 Å². The molecule has 1 fully saturated rings. The Kier molecular flexibility index (Phi) is 9.01. The van der Waals surface area contributed by atoms with Gasteiger partial charge in [0.05, 0.1) is 35.5 Å². The molecule has 0 aromatic heterocycles. The van der Waals surface area contributed by atoms with Crippen LogP contribution in [-0.4, -0.2) is 82.7 Å². The van der Waals surface area contributed by atoms with Gasteiger partial charge in [-0.2, -0.15) is 0 Å². The summed E-state index contributed by atoms with van der Waals surface area (Å²) in [6.07, 6.45) is 4.27. The molecule has 0 radical (unpaired) electrons. The molecule has 1 saturated heterocycles. The number of fused-ring (bicyclic) bond motifs is 1. The highest BCUT2D eigenvalue weighted by Crippen LogP contribution is 2.39. The maximum absolute atomic E-state index is 13.8. The largest absolute Gasteiger partial charge is 0.493 e. The lowest BCUT2D eigenvalue weighted by atomic mass is 10.0. The number of ketones is 1. The number of amides is 1. The number of nitrogens with zero attached hydrogens (tertiary/aromatic N) is 2. The average molecular weight is 539 g/mol. The van der Waals surface area contributed by atoms with Crippen LogP contribution >= 0.6 is 0 Å². The van der Waals surface area contributed by atoms with E-state index in [0.717, 1.165) is 29.5 Å². The third-order valence-corrected chi connectivity index (χ3v) is 7.47. The van der Waals surface area contributed by atoms with Crippen LogP contribution in [0.15, 0.2) is 29.8 Å². The van der Waals surface area contributed by atoms with E-state index in [4.69, 9.17) is 23.7 Å². The second-order valence-corrected chi connectivity index (χ2v) is 9.82. The van der Waals surface area contributed by atoms with Crippen molar-refractivity contribution in [1.29, 1.82) is 0 Å². The molecule has 9 heteroatoms. The van der Waals surface area contributed by atoms with Gasteiger partial charge in [0.1, 0.15) is 6.04 Å². The van der Waals surface area contributed by atoms with E-state index < -0.39 is 6.04 Å². The number of rotatable bonds is 9. The van der Waals surface area contributed by atoms with Crippen molar-refractivity contribution in [2.24, 2.45) is 0 Å². The van der Waals surface area contributed by atoms with Gasteiger partial charge in [-0.05, 0) is 73.2 Å². The third-order valence-electron chi connectivity index (χ3n) is 7.47. The molecule has 0 N–H and O–H groups in total. The van der Waals surface area contributed by atoms with Gasteiger partial charge in [-0.1, -0.05) is 0 Å². The number of carbonyl (C=O) groups is 2. The molecule has 1 atom stereocenters. The third kappa shape index (κ3) is 5.98. The molecule has 1 amide bonds. The van der Waals surface area contributed by atoms with Gasteiger partial charge in [-0.3, -0.25) is 14.5 Å².